The van der Waals surface area contributed by atoms with E-state index in [-0.39, 0.29) is 5.92 Å². The Morgan fingerprint density at radius 2 is 2.19 bits per heavy atom. The summed E-state index contributed by atoms with van der Waals surface area (Å²) in [4.78, 5) is 5.27. The van der Waals surface area contributed by atoms with E-state index in [0.717, 1.165) is 18.9 Å². The first kappa shape index (κ1) is 11.8. The quantitative estimate of drug-likeness (QED) is 0.764. The van der Waals surface area contributed by atoms with E-state index in [1.807, 2.05) is 0 Å². The first-order chi connectivity index (χ1) is 7.68. The Bertz CT molecular complexity index is 375. The number of hydroxylamine groups is 1. The van der Waals surface area contributed by atoms with E-state index in [1.165, 1.54) is 10.5 Å². The normalized spacial score (nSPS) is 23.1. The molecule has 1 aromatic rings. The third kappa shape index (κ3) is 2.53. The smallest absolute Gasteiger partial charge is 0.162 e. The molecule has 0 amide bonds. The number of thiol groups is 1. The summed E-state index contributed by atoms with van der Waals surface area (Å²) in [6.45, 7) is 1.03. The van der Waals surface area contributed by atoms with Crippen LogP contribution in [0.5, 0.6) is 0 Å². The van der Waals surface area contributed by atoms with Gasteiger partial charge in [0, 0.05) is 12.5 Å². The molecule has 0 saturated carbocycles. The molecule has 5 heteroatoms. The van der Waals surface area contributed by atoms with E-state index < -0.39 is 11.6 Å². The Hall–Kier alpha value is -0.650. The standard InChI is InChI=1S/C11H13F2NOS/c12-10-5-1-4-9(11(10)13)8-3-2-6-14(16)15-7-8/h1,4-5,8,16H,2-3,6-7H2. The molecule has 1 aliphatic heterocycles. The molecule has 88 valence electrons. The van der Waals surface area contributed by atoms with Gasteiger partial charge in [0.2, 0.25) is 0 Å². The van der Waals surface area contributed by atoms with Crippen LogP contribution in [0, 0.1) is 11.6 Å². The van der Waals surface area contributed by atoms with Crippen molar-refractivity contribution < 1.29 is 13.6 Å². The lowest BCUT2D eigenvalue weighted by atomic mass is 9.94. The predicted octanol–water partition coefficient (Wildman–Crippen LogP) is 2.92. The zero-order chi connectivity index (χ0) is 11.5. The maximum atomic E-state index is 13.6. The number of benzene rings is 1. The summed E-state index contributed by atoms with van der Waals surface area (Å²) in [6.07, 6.45) is 1.63. The summed E-state index contributed by atoms with van der Waals surface area (Å²) in [5, 5.41) is 0. The molecule has 1 unspecified atom stereocenters. The third-order valence-corrected chi connectivity index (χ3v) is 3.06. The highest BCUT2D eigenvalue weighted by atomic mass is 32.1. The average Bonchev–Trinajstić information content (AvgIpc) is 2.47. The van der Waals surface area contributed by atoms with Crippen molar-refractivity contribution in [1.29, 1.82) is 0 Å². The molecule has 1 heterocycles. The van der Waals surface area contributed by atoms with Gasteiger partial charge in [0.25, 0.3) is 0 Å². The van der Waals surface area contributed by atoms with Crippen LogP contribution in [-0.2, 0) is 4.84 Å². The van der Waals surface area contributed by atoms with E-state index in [4.69, 9.17) is 4.84 Å². The van der Waals surface area contributed by atoms with E-state index in [9.17, 15) is 8.78 Å². The van der Waals surface area contributed by atoms with Crippen molar-refractivity contribution in [3.8, 4) is 0 Å². The van der Waals surface area contributed by atoms with E-state index in [0.29, 0.717) is 18.7 Å². The van der Waals surface area contributed by atoms with E-state index in [1.54, 1.807) is 6.07 Å². The summed E-state index contributed by atoms with van der Waals surface area (Å²) in [7, 11) is 0. The highest BCUT2D eigenvalue weighted by Crippen LogP contribution is 2.28. The Balaban J connectivity index is 2.20. The topological polar surface area (TPSA) is 12.5 Å². The van der Waals surface area contributed by atoms with Gasteiger partial charge in [-0.15, -0.1) is 4.47 Å². The highest BCUT2D eigenvalue weighted by Gasteiger charge is 2.21. The summed E-state index contributed by atoms with van der Waals surface area (Å²) >= 11 is 4.07. The number of rotatable bonds is 1. The molecule has 0 bridgehead atoms. The van der Waals surface area contributed by atoms with Gasteiger partial charge in [-0.2, -0.15) is 0 Å². The fourth-order valence-corrected chi connectivity index (χ4v) is 2.09. The molecular weight excluding hydrogens is 232 g/mol. The van der Waals surface area contributed by atoms with E-state index >= 15 is 0 Å². The Kier molecular flexibility index (Phi) is 3.78. The van der Waals surface area contributed by atoms with Crippen LogP contribution in [0.4, 0.5) is 8.78 Å². The molecule has 1 fully saturated rings. The number of nitrogens with zero attached hydrogens (tertiary/aromatic N) is 1. The first-order valence-corrected chi connectivity index (χ1v) is 5.61. The van der Waals surface area contributed by atoms with Crippen LogP contribution in [-0.4, -0.2) is 17.6 Å². The predicted molar refractivity (Wildman–Crippen MR) is 60.0 cm³/mol. The zero-order valence-electron chi connectivity index (χ0n) is 8.70. The largest absolute Gasteiger partial charge is 0.288 e. The fourth-order valence-electron chi connectivity index (χ4n) is 1.88. The van der Waals surface area contributed by atoms with Crippen molar-refractivity contribution in [1.82, 2.24) is 4.47 Å². The molecule has 1 aliphatic rings. The minimum Gasteiger partial charge on any atom is -0.288 e. The van der Waals surface area contributed by atoms with Crippen LogP contribution in [0.1, 0.15) is 24.3 Å². The van der Waals surface area contributed by atoms with Crippen molar-refractivity contribution in [3.05, 3.63) is 35.4 Å². The van der Waals surface area contributed by atoms with Crippen LogP contribution in [0.15, 0.2) is 18.2 Å². The SMILES string of the molecule is Fc1cccc(C2CCCN(S)OC2)c1F. The summed E-state index contributed by atoms with van der Waals surface area (Å²) in [6, 6.07) is 4.26. The lowest BCUT2D eigenvalue weighted by molar-refractivity contribution is -0.0674. The monoisotopic (exact) mass is 245 g/mol. The van der Waals surface area contributed by atoms with Crippen molar-refractivity contribution in [2.45, 2.75) is 18.8 Å². The molecule has 1 saturated heterocycles. The highest BCUT2D eigenvalue weighted by molar-refractivity contribution is 7.77. The summed E-state index contributed by atoms with van der Waals surface area (Å²) in [5.41, 5.74) is 0.392. The van der Waals surface area contributed by atoms with Crippen LogP contribution in [0.2, 0.25) is 0 Å². The van der Waals surface area contributed by atoms with Crippen LogP contribution in [0.25, 0.3) is 0 Å². The second kappa shape index (κ2) is 5.12. The molecule has 1 aromatic carbocycles. The van der Waals surface area contributed by atoms with E-state index in [2.05, 4.69) is 12.8 Å². The maximum Gasteiger partial charge on any atom is 0.162 e. The molecule has 2 rings (SSSR count). The van der Waals surface area contributed by atoms with Crippen molar-refractivity contribution >= 4 is 12.8 Å². The van der Waals surface area contributed by atoms with Crippen LogP contribution < -0.4 is 0 Å². The Labute approximate surface area is 98.7 Å². The van der Waals surface area contributed by atoms with Crippen molar-refractivity contribution in [2.75, 3.05) is 13.2 Å². The van der Waals surface area contributed by atoms with Gasteiger partial charge < -0.3 is 0 Å². The molecule has 0 spiro atoms. The average molecular weight is 245 g/mol. The lowest BCUT2D eigenvalue weighted by Crippen LogP contribution is -2.14. The summed E-state index contributed by atoms with van der Waals surface area (Å²) in [5.74, 6) is -1.67. The van der Waals surface area contributed by atoms with Gasteiger partial charge in [-0.25, -0.2) is 8.78 Å². The van der Waals surface area contributed by atoms with Gasteiger partial charge in [-0.3, -0.25) is 4.84 Å². The second-order valence-electron chi connectivity index (χ2n) is 3.85. The minimum atomic E-state index is -0.801. The third-order valence-electron chi connectivity index (χ3n) is 2.75. The summed E-state index contributed by atoms with van der Waals surface area (Å²) < 4.78 is 28.1. The molecule has 0 N–H and O–H groups in total. The van der Waals surface area contributed by atoms with Crippen LogP contribution >= 0.6 is 12.8 Å². The molecular formula is C11H13F2NOS. The number of halogens is 2. The van der Waals surface area contributed by atoms with Crippen LogP contribution in [0.3, 0.4) is 0 Å². The van der Waals surface area contributed by atoms with Gasteiger partial charge in [0.1, 0.15) is 0 Å². The molecule has 0 aromatic heterocycles. The zero-order valence-corrected chi connectivity index (χ0v) is 9.59. The fraction of sp³-hybridized carbons (Fsp3) is 0.455. The number of hydrogen-bond acceptors (Lipinski definition) is 3. The first-order valence-electron chi connectivity index (χ1n) is 5.21. The maximum absolute atomic E-state index is 13.6. The molecule has 1 atom stereocenters. The lowest BCUT2D eigenvalue weighted by Gasteiger charge is -2.15. The van der Waals surface area contributed by atoms with Gasteiger partial charge in [-0.1, -0.05) is 24.9 Å². The van der Waals surface area contributed by atoms with Gasteiger partial charge in [0.15, 0.2) is 11.6 Å². The molecule has 0 aliphatic carbocycles. The molecule has 2 nitrogen and oxygen atoms in total. The second-order valence-corrected chi connectivity index (χ2v) is 4.30. The minimum absolute atomic E-state index is 0.104. The van der Waals surface area contributed by atoms with Gasteiger partial charge >= 0.3 is 0 Å². The molecule has 16 heavy (non-hydrogen) atoms. The number of hydrogen-bond donors (Lipinski definition) is 1. The van der Waals surface area contributed by atoms with Crippen molar-refractivity contribution in [3.63, 3.8) is 0 Å². The van der Waals surface area contributed by atoms with Crippen molar-refractivity contribution in [2.24, 2.45) is 0 Å². The molecule has 0 radical (unpaired) electrons. The van der Waals surface area contributed by atoms with Gasteiger partial charge in [-0.05, 0) is 24.5 Å². The Morgan fingerprint density at radius 3 is 3.00 bits per heavy atom. The van der Waals surface area contributed by atoms with Gasteiger partial charge in [0.05, 0.1) is 6.61 Å². The Morgan fingerprint density at radius 1 is 1.38 bits per heavy atom.